The van der Waals surface area contributed by atoms with Crippen molar-refractivity contribution in [3.8, 4) is 0 Å². The Bertz CT molecular complexity index is 526. The van der Waals surface area contributed by atoms with Crippen molar-refractivity contribution in [1.29, 1.82) is 0 Å². The maximum atomic E-state index is 11.9. The second-order valence-electron chi connectivity index (χ2n) is 4.29. The fourth-order valence-corrected chi connectivity index (χ4v) is 3.15. The highest BCUT2D eigenvalue weighted by Crippen LogP contribution is 2.08. The van der Waals surface area contributed by atoms with E-state index >= 15 is 0 Å². The van der Waals surface area contributed by atoms with Gasteiger partial charge in [0.2, 0.25) is 10.0 Å². The third kappa shape index (κ3) is 5.65. The van der Waals surface area contributed by atoms with E-state index in [4.69, 9.17) is 22.7 Å². The summed E-state index contributed by atoms with van der Waals surface area (Å²) in [6.45, 7) is 2.08. The van der Waals surface area contributed by atoms with E-state index in [1.54, 1.807) is 31.2 Å². The van der Waals surface area contributed by atoms with E-state index in [0.717, 1.165) is 5.56 Å². The molecule has 1 rings (SSSR count). The van der Waals surface area contributed by atoms with Crippen LogP contribution in [0.15, 0.2) is 24.3 Å². The first kappa shape index (κ1) is 16.0. The minimum Gasteiger partial charge on any atom is -0.389 e. The van der Waals surface area contributed by atoms with E-state index in [-0.39, 0.29) is 11.8 Å². The molecule has 0 aliphatic rings. The summed E-state index contributed by atoms with van der Waals surface area (Å²) in [6, 6.07) is 6.58. The van der Waals surface area contributed by atoms with Crippen LogP contribution in [-0.2, 0) is 20.5 Å². The predicted octanol–water partition coefficient (Wildman–Crippen LogP) is 0.775. The smallest absolute Gasteiger partial charge is 0.216 e. The Kier molecular flexibility index (Phi) is 5.86. The van der Waals surface area contributed by atoms with Gasteiger partial charge in [0.05, 0.1) is 12.4 Å². The highest BCUT2D eigenvalue weighted by molar-refractivity contribution is 7.88. The summed E-state index contributed by atoms with van der Waals surface area (Å²) in [6.07, 6.45) is 0. The summed E-state index contributed by atoms with van der Waals surface area (Å²) in [5, 5.41) is 0. The number of rotatable bonds is 7. The van der Waals surface area contributed by atoms with Gasteiger partial charge < -0.3 is 10.5 Å². The summed E-state index contributed by atoms with van der Waals surface area (Å²) in [5.74, 6) is -0.0847. The van der Waals surface area contributed by atoms with Crippen LogP contribution < -0.4 is 10.5 Å². The predicted molar refractivity (Wildman–Crippen MR) is 79.4 cm³/mol. The molecule has 1 aromatic rings. The number of hydrogen-bond donors (Lipinski definition) is 2. The Morgan fingerprint density at radius 2 is 2.00 bits per heavy atom. The fraction of sp³-hybridized carbons (Fsp3) is 0.417. The molecule has 19 heavy (non-hydrogen) atoms. The first-order chi connectivity index (χ1) is 8.84. The zero-order valence-corrected chi connectivity index (χ0v) is 12.6. The van der Waals surface area contributed by atoms with Crippen molar-refractivity contribution in [2.24, 2.45) is 5.73 Å². The van der Waals surface area contributed by atoms with Gasteiger partial charge in [-0.3, -0.25) is 0 Å². The molecule has 1 aromatic carbocycles. The largest absolute Gasteiger partial charge is 0.389 e. The highest BCUT2D eigenvalue weighted by atomic mass is 32.2. The average molecular weight is 302 g/mol. The number of benzene rings is 1. The van der Waals surface area contributed by atoms with E-state index in [1.165, 1.54) is 7.11 Å². The van der Waals surface area contributed by atoms with Gasteiger partial charge in [0, 0.05) is 18.7 Å². The molecule has 0 saturated carbocycles. The lowest BCUT2D eigenvalue weighted by atomic mass is 10.1. The molecule has 0 fully saturated rings. The van der Waals surface area contributed by atoms with Crippen molar-refractivity contribution >= 4 is 27.2 Å². The molecule has 1 unspecified atom stereocenters. The molecule has 7 heteroatoms. The van der Waals surface area contributed by atoms with Crippen LogP contribution in [0.3, 0.4) is 0 Å². The molecule has 0 heterocycles. The average Bonchev–Trinajstić information content (AvgIpc) is 2.28. The fourth-order valence-electron chi connectivity index (χ4n) is 1.62. The summed E-state index contributed by atoms with van der Waals surface area (Å²) in [5.41, 5.74) is 6.87. The number of nitrogens with two attached hydrogens (primary N) is 1. The molecule has 3 N–H and O–H groups in total. The lowest BCUT2D eigenvalue weighted by molar-refractivity contribution is 0.180. The topological polar surface area (TPSA) is 81.4 Å². The number of methoxy groups -OCH3 is 1. The van der Waals surface area contributed by atoms with Gasteiger partial charge in [0.1, 0.15) is 4.99 Å². The second kappa shape index (κ2) is 6.95. The Morgan fingerprint density at radius 3 is 2.47 bits per heavy atom. The van der Waals surface area contributed by atoms with Crippen LogP contribution in [0.4, 0.5) is 0 Å². The molecule has 1 atom stereocenters. The van der Waals surface area contributed by atoms with Crippen LogP contribution in [0, 0.1) is 0 Å². The third-order valence-corrected chi connectivity index (χ3v) is 4.10. The van der Waals surface area contributed by atoms with Gasteiger partial charge in [-0.15, -0.1) is 0 Å². The van der Waals surface area contributed by atoms with Crippen molar-refractivity contribution in [3.63, 3.8) is 0 Å². The normalized spacial score (nSPS) is 13.2. The van der Waals surface area contributed by atoms with E-state index in [0.29, 0.717) is 17.2 Å². The van der Waals surface area contributed by atoms with Gasteiger partial charge in [-0.25, -0.2) is 13.1 Å². The van der Waals surface area contributed by atoms with Crippen molar-refractivity contribution in [2.75, 3.05) is 13.7 Å². The number of thiocarbonyl (C=S) groups is 1. The molecule has 0 bridgehead atoms. The Labute approximate surface area is 119 Å². The zero-order chi connectivity index (χ0) is 14.5. The zero-order valence-electron chi connectivity index (χ0n) is 10.9. The van der Waals surface area contributed by atoms with Crippen LogP contribution in [-0.4, -0.2) is 33.2 Å². The summed E-state index contributed by atoms with van der Waals surface area (Å²) >= 11 is 4.83. The number of nitrogens with one attached hydrogen (secondary N) is 1. The molecule has 0 aliphatic heterocycles. The Morgan fingerprint density at radius 1 is 1.42 bits per heavy atom. The molecular weight excluding hydrogens is 284 g/mol. The minimum absolute atomic E-state index is 0.0847. The van der Waals surface area contributed by atoms with Gasteiger partial charge >= 0.3 is 0 Å². The third-order valence-electron chi connectivity index (χ3n) is 2.39. The van der Waals surface area contributed by atoms with Gasteiger partial charge in [0.15, 0.2) is 0 Å². The first-order valence-corrected chi connectivity index (χ1v) is 7.78. The SMILES string of the molecule is COCC(C)NS(=O)(=O)Cc1ccc(C(N)=S)cc1. The van der Waals surface area contributed by atoms with E-state index in [1.807, 2.05) is 0 Å². The molecule has 106 valence electrons. The summed E-state index contributed by atoms with van der Waals surface area (Å²) in [7, 11) is -1.86. The van der Waals surface area contributed by atoms with Gasteiger partial charge in [-0.05, 0) is 12.5 Å². The Hall–Kier alpha value is -1.02. The lowest BCUT2D eigenvalue weighted by Gasteiger charge is -2.13. The maximum Gasteiger partial charge on any atom is 0.216 e. The molecular formula is C12H18N2O3S2. The molecule has 0 saturated heterocycles. The molecule has 5 nitrogen and oxygen atoms in total. The van der Waals surface area contributed by atoms with Crippen LogP contribution in [0.2, 0.25) is 0 Å². The standard InChI is InChI=1S/C12H18N2O3S2/c1-9(7-17-2)14-19(15,16)8-10-3-5-11(6-4-10)12(13)18/h3-6,9,14H,7-8H2,1-2H3,(H2,13,18). The van der Waals surface area contributed by atoms with Crippen molar-refractivity contribution < 1.29 is 13.2 Å². The van der Waals surface area contributed by atoms with E-state index < -0.39 is 10.0 Å². The molecule has 0 aliphatic carbocycles. The van der Waals surface area contributed by atoms with Gasteiger partial charge in [-0.2, -0.15) is 0 Å². The van der Waals surface area contributed by atoms with Crippen LogP contribution in [0.5, 0.6) is 0 Å². The molecule has 0 amide bonds. The molecule has 0 spiro atoms. The van der Waals surface area contributed by atoms with Gasteiger partial charge in [-0.1, -0.05) is 36.5 Å². The van der Waals surface area contributed by atoms with Crippen molar-refractivity contribution in [1.82, 2.24) is 4.72 Å². The summed E-state index contributed by atoms with van der Waals surface area (Å²) in [4.78, 5) is 0.293. The van der Waals surface area contributed by atoms with Crippen LogP contribution >= 0.6 is 12.2 Å². The minimum atomic E-state index is -3.38. The van der Waals surface area contributed by atoms with Crippen LogP contribution in [0.25, 0.3) is 0 Å². The Balaban J connectivity index is 2.70. The van der Waals surface area contributed by atoms with Crippen molar-refractivity contribution in [3.05, 3.63) is 35.4 Å². The van der Waals surface area contributed by atoms with Crippen LogP contribution in [0.1, 0.15) is 18.1 Å². The number of hydrogen-bond acceptors (Lipinski definition) is 4. The monoisotopic (exact) mass is 302 g/mol. The number of ether oxygens (including phenoxy) is 1. The number of sulfonamides is 1. The summed E-state index contributed by atoms with van der Waals surface area (Å²) < 4.78 is 31.2. The highest BCUT2D eigenvalue weighted by Gasteiger charge is 2.15. The quantitative estimate of drug-likeness (QED) is 0.727. The van der Waals surface area contributed by atoms with Gasteiger partial charge in [0.25, 0.3) is 0 Å². The second-order valence-corrected chi connectivity index (χ2v) is 6.49. The van der Waals surface area contributed by atoms with E-state index in [9.17, 15) is 8.42 Å². The van der Waals surface area contributed by atoms with E-state index in [2.05, 4.69) is 4.72 Å². The first-order valence-electron chi connectivity index (χ1n) is 5.72. The molecule has 0 aromatic heterocycles. The molecule has 0 radical (unpaired) electrons. The lowest BCUT2D eigenvalue weighted by Crippen LogP contribution is -2.36. The van der Waals surface area contributed by atoms with Crippen molar-refractivity contribution in [2.45, 2.75) is 18.7 Å². The maximum absolute atomic E-state index is 11.9.